The summed E-state index contributed by atoms with van der Waals surface area (Å²) in [5, 5.41) is 14.2. The molecule has 138 valence electrons. The number of methoxy groups -OCH3 is 1. The number of fused-ring (bicyclic) bond motifs is 1. The summed E-state index contributed by atoms with van der Waals surface area (Å²) in [5.74, 6) is 0.465. The average molecular weight is 384 g/mol. The summed E-state index contributed by atoms with van der Waals surface area (Å²) in [6.45, 7) is 2.15. The Labute approximate surface area is 161 Å². The summed E-state index contributed by atoms with van der Waals surface area (Å²) >= 11 is 6.54. The molecule has 0 saturated heterocycles. The molecule has 2 aromatic heterocycles. The molecule has 1 amide bonds. The van der Waals surface area contributed by atoms with Crippen LogP contribution in [0.25, 0.3) is 16.7 Å². The first-order valence-electron chi connectivity index (χ1n) is 8.28. The van der Waals surface area contributed by atoms with Crippen molar-refractivity contribution in [2.24, 2.45) is 0 Å². The number of pyridine rings is 1. The lowest BCUT2D eigenvalue weighted by Gasteiger charge is -2.16. The summed E-state index contributed by atoms with van der Waals surface area (Å²) in [6.07, 6.45) is 1.71. The Hall–Kier alpha value is -3.11. The zero-order chi connectivity index (χ0) is 19.6. The van der Waals surface area contributed by atoms with E-state index in [-0.39, 0.29) is 12.3 Å². The topological polar surface area (TPSA) is 84.0 Å². The fourth-order valence-electron chi connectivity index (χ4n) is 2.79. The van der Waals surface area contributed by atoms with E-state index in [1.807, 2.05) is 37.3 Å². The Morgan fingerprint density at radius 2 is 2.07 bits per heavy atom. The van der Waals surface area contributed by atoms with Crippen LogP contribution in [-0.4, -0.2) is 46.3 Å². The number of aromatic nitrogens is 3. The highest BCUT2D eigenvalue weighted by molar-refractivity contribution is 6.38. The maximum absolute atomic E-state index is 12.6. The van der Waals surface area contributed by atoms with Crippen molar-refractivity contribution in [3.63, 3.8) is 0 Å². The van der Waals surface area contributed by atoms with Crippen LogP contribution in [-0.2, 0) is 0 Å². The molecule has 0 unspecified atom stereocenters. The van der Waals surface area contributed by atoms with Crippen molar-refractivity contribution < 1.29 is 9.53 Å². The van der Waals surface area contributed by atoms with Crippen LogP contribution in [0.2, 0.25) is 5.02 Å². The van der Waals surface area contributed by atoms with Gasteiger partial charge in [0.15, 0.2) is 5.65 Å². The Morgan fingerprint density at radius 1 is 1.37 bits per heavy atom. The molecule has 0 aliphatic rings. The van der Waals surface area contributed by atoms with Gasteiger partial charge in [0, 0.05) is 19.8 Å². The maximum atomic E-state index is 12.6. The standard InChI is InChI=1S/C19H18ClN5O2/c1-12-16-17(20)15(19(26)24(2)10-4-9-21)11-22-18(16)25(23-12)13-5-7-14(27-3)8-6-13/h5-8,11H,4,10H2,1-3H3. The number of carbonyl (C=O) groups excluding carboxylic acids is 1. The number of carbonyl (C=O) groups is 1. The van der Waals surface area contributed by atoms with E-state index in [0.717, 1.165) is 11.4 Å². The lowest BCUT2D eigenvalue weighted by Crippen LogP contribution is -2.28. The molecular formula is C19H18ClN5O2. The number of benzene rings is 1. The van der Waals surface area contributed by atoms with E-state index in [1.54, 1.807) is 18.8 Å². The average Bonchev–Trinajstić information content (AvgIpc) is 3.03. The zero-order valence-corrected chi connectivity index (χ0v) is 16.0. The summed E-state index contributed by atoms with van der Waals surface area (Å²) in [6, 6.07) is 9.43. The molecule has 3 rings (SSSR count). The van der Waals surface area contributed by atoms with Gasteiger partial charge >= 0.3 is 0 Å². The quantitative estimate of drug-likeness (QED) is 0.674. The van der Waals surface area contributed by atoms with Crippen molar-refractivity contribution in [1.29, 1.82) is 5.26 Å². The van der Waals surface area contributed by atoms with E-state index in [0.29, 0.717) is 33.9 Å². The van der Waals surface area contributed by atoms with Crippen LogP contribution in [0.15, 0.2) is 30.5 Å². The van der Waals surface area contributed by atoms with Crippen molar-refractivity contribution in [1.82, 2.24) is 19.7 Å². The van der Waals surface area contributed by atoms with Crippen LogP contribution in [0.3, 0.4) is 0 Å². The van der Waals surface area contributed by atoms with Crippen LogP contribution in [0.1, 0.15) is 22.5 Å². The molecule has 2 heterocycles. The number of nitriles is 1. The summed E-state index contributed by atoms with van der Waals surface area (Å²) in [5.41, 5.74) is 2.34. The molecule has 0 aliphatic carbocycles. The van der Waals surface area contributed by atoms with E-state index < -0.39 is 0 Å². The fourth-order valence-corrected chi connectivity index (χ4v) is 3.14. The third-order valence-electron chi connectivity index (χ3n) is 4.26. The number of rotatable bonds is 5. The van der Waals surface area contributed by atoms with E-state index in [2.05, 4.69) is 10.1 Å². The van der Waals surface area contributed by atoms with Crippen LogP contribution >= 0.6 is 11.6 Å². The molecule has 0 aliphatic heterocycles. The maximum Gasteiger partial charge on any atom is 0.256 e. The molecule has 0 atom stereocenters. The van der Waals surface area contributed by atoms with Gasteiger partial charge in [-0.05, 0) is 31.2 Å². The molecular weight excluding hydrogens is 366 g/mol. The second kappa shape index (κ2) is 7.64. The number of aryl methyl sites for hydroxylation is 1. The van der Waals surface area contributed by atoms with Crippen molar-refractivity contribution >= 4 is 28.5 Å². The van der Waals surface area contributed by atoms with E-state index in [1.165, 1.54) is 11.1 Å². The monoisotopic (exact) mass is 383 g/mol. The van der Waals surface area contributed by atoms with Crippen LogP contribution < -0.4 is 4.74 Å². The Balaban J connectivity index is 2.06. The van der Waals surface area contributed by atoms with Crippen molar-refractivity contribution in [2.75, 3.05) is 20.7 Å². The van der Waals surface area contributed by atoms with Gasteiger partial charge in [-0.25, -0.2) is 9.67 Å². The van der Waals surface area contributed by atoms with Gasteiger partial charge in [0.1, 0.15) is 5.75 Å². The minimum atomic E-state index is -0.277. The van der Waals surface area contributed by atoms with Crippen LogP contribution in [0, 0.1) is 18.3 Å². The molecule has 0 spiro atoms. The van der Waals surface area contributed by atoms with Crippen molar-refractivity contribution in [2.45, 2.75) is 13.3 Å². The summed E-state index contributed by atoms with van der Waals surface area (Å²) in [7, 11) is 3.24. The number of halogens is 1. The second-order valence-corrected chi connectivity index (χ2v) is 6.39. The van der Waals surface area contributed by atoms with Crippen LogP contribution in [0.4, 0.5) is 0 Å². The second-order valence-electron chi connectivity index (χ2n) is 6.01. The summed E-state index contributed by atoms with van der Waals surface area (Å²) < 4.78 is 6.86. The van der Waals surface area contributed by atoms with E-state index >= 15 is 0 Å². The first-order valence-corrected chi connectivity index (χ1v) is 8.66. The molecule has 3 aromatic rings. The number of nitrogens with zero attached hydrogens (tertiary/aromatic N) is 5. The van der Waals surface area contributed by atoms with E-state index in [9.17, 15) is 4.79 Å². The molecule has 27 heavy (non-hydrogen) atoms. The number of ether oxygens (including phenoxy) is 1. The van der Waals surface area contributed by atoms with Crippen LogP contribution in [0.5, 0.6) is 5.75 Å². The molecule has 8 heteroatoms. The van der Waals surface area contributed by atoms with Gasteiger partial charge in [0.25, 0.3) is 5.91 Å². The highest BCUT2D eigenvalue weighted by Crippen LogP contribution is 2.30. The first kappa shape index (κ1) is 18.7. The zero-order valence-electron chi connectivity index (χ0n) is 15.2. The third kappa shape index (κ3) is 3.44. The number of hydrogen-bond donors (Lipinski definition) is 0. The van der Waals surface area contributed by atoms with Gasteiger partial charge in [-0.3, -0.25) is 4.79 Å². The van der Waals surface area contributed by atoms with Gasteiger partial charge in [-0.1, -0.05) is 11.6 Å². The highest BCUT2D eigenvalue weighted by Gasteiger charge is 2.21. The third-order valence-corrected chi connectivity index (χ3v) is 4.65. The SMILES string of the molecule is COc1ccc(-n2nc(C)c3c(Cl)c(C(=O)N(C)CCC#N)cnc32)cc1. The predicted molar refractivity (Wildman–Crippen MR) is 102 cm³/mol. The molecule has 0 saturated carbocycles. The van der Waals surface area contributed by atoms with Crippen molar-refractivity contribution in [3.05, 3.63) is 46.7 Å². The lowest BCUT2D eigenvalue weighted by atomic mass is 10.2. The van der Waals surface area contributed by atoms with Gasteiger partial charge < -0.3 is 9.64 Å². The van der Waals surface area contributed by atoms with Gasteiger partial charge in [-0.2, -0.15) is 10.4 Å². The molecule has 0 bridgehead atoms. The highest BCUT2D eigenvalue weighted by atomic mass is 35.5. The number of amides is 1. The molecule has 1 aromatic carbocycles. The molecule has 0 N–H and O–H groups in total. The first-order chi connectivity index (χ1) is 13.0. The normalized spacial score (nSPS) is 10.6. The smallest absolute Gasteiger partial charge is 0.256 e. The lowest BCUT2D eigenvalue weighted by molar-refractivity contribution is 0.0798. The Kier molecular flexibility index (Phi) is 5.28. The molecule has 0 radical (unpaired) electrons. The van der Waals surface area contributed by atoms with E-state index in [4.69, 9.17) is 21.6 Å². The summed E-state index contributed by atoms with van der Waals surface area (Å²) in [4.78, 5) is 18.5. The Bertz CT molecular complexity index is 1040. The molecule has 7 nitrogen and oxygen atoms in total. The van der Waals surface area contributed by atoms with Gasteiger partial charge in [0.05, 0.1) is 47.0 Å². The largest absolute Gasteiger partial charge is 0.497 e. The van der Waals surface area contributed by atoms with Gasteiger partial charge in [0.2, 0.25) is 0 Å². The Morgan fingerprint density at radius 3 is 2.70 bits per heavy atom. The number of hydrogen-bond acceptors (Lipinski definition) is 5. The minimum absolute atomic E-state index is 0.254. The fraction of sp³-hybridized carbons (Fsp3) is 0.263. The molecule has 0 fully saturated rings. The van der Waals surface area contributed by atoms with Gasteiger partial charge in [-0.15, -0.1) is 0 Å². The minimum Gasteiger partial charge on any atom is -0.497 e. The van der Waals surface area contributed by atoms with Crippen molar-refractivity contribution in [3.8, 4) is 17.5 Å². The predicted octanol–water partition coefficient (Wildman–Crippen LogP) is 3.38.